The third kappa shape index (κ3) is 1.41. The van der Waals surface area contributed by atoms with Gasteiger partial charge in [-0.2, -0.15) is 4.39 Å². The molecule has 0 aromatic carbocycles. The average Bonchev–Trinajstić information content (AvgIpc) is 1.99. The van der Waals surface area contributed by atoms with Crippen LogP contribution in [0.25, 0.3) is 0 Å². The van der Waals surface area contributed by atoms with Crippen molar-refractivity contribution in [3.63, 3.8) is 0 Å². The van der Waals surface area contributed by atoms with Gasteiger partial charge in [0.25, 0.3) is 12.4 Å². The first-order valence-corrected chi connectivity index (χ1v) is 2.95. The third-order valence-electron chi connectivity index (χ3n) is 1.22. The van der Waals surface area contributed by atoms with Gasteiger partial charge < -0.3 is 10.8 Å². The zero-order valence-corrected chi connectivity index (χ0v) is 5.76. The van der Waals surface area contributed by atoms with Crippen molar-refractivity contribution >= 4 is 5.69 Å². The smallest absolute Gasteiger partial charge is 0.280 e. The van der Waals surface area contributed by atoms with Gasteiger partial charge in [0, 0.05) is 0 Å². The minimum Gasteiger partial charge on any atom is -0.502 e. The second kappa shape index (κ2) is 2.88. The molecule has 3 N–H and O–H groups in total. The van der Waals surface area contributed by atoms with Gasteiger partial charge in [0.1, 0.15) is 5.69 Å². The zero-order chi connectivity index (χ0) is 9.30. The van der Waals surface area contributed by atoms with E-state index >= 15 is 0 Å². The fourth-order valence-electron chi connectivity index (χ4n) is 0.657. The van der Waals surface area contributed by atoms with Crippen LogP contribution in [0.15, 0.2) is 6.07 Å². The minimum atomic E-state index is -2.90. The van der Waals surface area contributed by atoms with Crippen LogP contribution in [-0.4, -0.2) is 10.1 Å². The summed E-state index contributed by atoms with van der Waals surface area (Å²) in [5, 5.41) is 8.71. The van der Waals surface area contributed by atoms with E-state index in [9.17, 15) is 13.2 Å². The first kappa shape index (κ1) is 8.63. The number of alkyl halides is 2. The lowest BCUT2D eigenvalue weighted by atomic mass is 10.3. The van der Waals surface area contributed by atoms with Crippen molar-refractivity contribution in [3.8, 4) is 5.75 Å². The molecule has 0 spiro atoms. The Bertz CT molecular complexity index is 280. The van der Waals surface area contributed by atoms with E-state index in [1.54, 1.807) is 0 Å². The molecule has 0 aliphatic heterocycles. The number of aromatic hydroxyl groups is 1. The maximum Gasteiger partial charge on any atom is 0.280 e. The summed E-state index contributed by atoms with van der Waals surface area (Å²) in [5.41, 5.74) is 3.76. The molecule has 0 amide bonds. The second-order valence-electron chi connectivity index (χ2n) is 2.08. The Hall–Kier alpha value is -1.46. The molecule has 1 heterocycles. The summed E-state index contributed by atoms with van der Waals surface area (Å²) in [6.45, 7) is 0. The summed E-state index contributed by atoms with van der Waals surface area (Å²) < 4.78 is 36.2. The highest BCUT2D eigenvalue weighted by atomic mass is 19.3. The maximum atomic E-state index is 12.4. The largest absolute Gasteiger partial charge is 0.502 e. The lowest BCUT2D eigenvalue weighted by molar-refractivity contribution is 0.144. The van der Waals surface area contributed by atoms with E-state index in [0.29, 0.717) is 0 Å². The van der Waals surface area contributed by atoms with Crippen molar-refractivity contribution in [2.45, 2.75) is 6.43 Å². The van der Waals surface area contributed by atoms with Crippen LogP contribution in [0.4, 0.5) is 18.9 Å². The van der Waals surface area contributed by atoms with Crippen molar-refractivity contribution in [2.75, 3.05) is 5.73 Å². The summed E-state index contributed by atoms with van der Waals surface area (Å²) in [4.78, 5) is 2.79. The molecule has 0 aliphatic carbocycles. The van der Waals surface area contributed by atoms with Gasteiger partial charge in [-0.1, -0.05) is 0 Å². The summed E-state index contributed by atoms with van der Waals surface area (Å²) >= 11 is 0. The van der Waals surface area contributed by atoms with Crippen LogP contribution in [0.2, 0.25) is 0 Å². The Kier molecular flexibility index (Phi) is 2.07. The first-order valence-electron chi connectivity index (χ1n) is 2.95. The van der Waals surface area contributed by atoms with Crippen LogP contribution in [0.1, 0.15) is 12.1 Å². The van der Waals surface area contributed by atoms with Gasteiger partial charge in [-0.25, -0.2) is 13.8 Å². The number of nitrogens with two attached hydrogens (primary N) is 1. The number of nitrogen functional groups attached to an aromatic ring is 1. The summed E-state index contributed by atoms with van der Waals surface area (Å²) in [5.74, 6) is -2.29. The molecule has 0 saturated carbocycles. The lowest BCUT2D eigenvalue weighted by Crippen LogP contribution is -1.98. The summed E-state index contributed by atoms with van der Waals surface area (Å²) in [7, 11) is 0. The van der Waals surface area contributed by atoms with Gasteiger partial charge in [0.15, 0.2) is 5.75 Å². The Labute approximate surface area is 65.6 Å². The number of aromatic nitrogens is 1. The van der Waals surface area contributed by atoms with E-state index < -0.39 is 29.5 Å². The molecule has 0 saturated heterocycles. The number of nitrogens with zero attached hydrogens (tertiary/aromatic N) is 1. The fraction of sp³-hybridized carbons (Fsp3) is 0.167. The summed E-state index contributed by atoms with van der Waals surface area (Å²) in [6.07, 6.45) is -2.90. The van der Waals surface area contributed by atoms with Gasteiger partial charge >= 0.3 is 0 Å². The Morgan fingerprint density at radius 3 is 2.50 bits per heavy atom. The highest BCUT2D eigenvalue weighted by Gasteiger charge is 2.15. The number of hydrogen-bond acceptors (Lipinski definition) is 3. The third-order valence-corrected chi connectivity index (χ3v) is 1.22. The van der Waals surface area contributed by atoms with Crippen molar-refractivity contribution in [2.24, 2.45) is 0 Å². The van der Waals surface area contributed by atoms with Gasteiger partial charge in [-0.3, -0.25) is 0 Å². The standard InChI is InChI=1S/C6H5F3N2O/c7-5(8)3-1-2(10)4(12)6(9)11-3/h1,5,12H,(H2,10,11). The number of rotatable bonds is 1. The van der Waals surface area contributed by atoms with Crippen LogP contribution in [0, 0.1) is 5.95 Å². The molecule has 0 atom stereocenters. The molecule has 12 heavy (non-hydrogen) atoms. The van der Waals surface area contributed by atoms with Gasteiger partial charge in [-0.05, 0) is 6.07 Å². The van der Waals surface area contributed by atoms with Crippen molar-refractivity contribution in [3.05, 3.63) is 17.7 Å². The molecule has 1 rings (SSSR count). The Morgan fingerprint density at radius 2 is 2.08 bits per heavy atom. The SMILES string of the molecule is Nc1cc(C(F)F)nc(F)c1O. The molecule has 3 nitrogen and oxygen atoms in total. The molecule has 0 bridgehead atoms. The molecule has 0 aliphatic rings. The zero-order valence-electron chi connectivity index (χ0n) is 5.76. The van der Waals surface area contributed by atoms with E-state index in [2.05, 4.69) is 4.98 Å². The predicted molar refractivity (Wildman–Crippen MR) is 35.2 cm³/mol. The van der Waals surface area contributed by atoms with E-state index in [-0.39, 0.29) is 0 Å². The van der Waals surface area contributed by atoms with Crippen molar-refractivity contribution in [1.29, 1.82) is 0 Å². The molecular weight excluding hydrogens is 173 g/mol. The molecule has 1 aromatic heterocycles. The van der Waals surface area contributed by atoms with Crippen LogP contribution < -0.4 is 5.73 Å². The second-order valence-corrected chi connectivity index (χ2v) is 2.08. The van der Waals surface area contributed by atoms with Gasteiger partial charge in [0.05, 0.1) is 5.69 Å². The van der Waals surface area contributed by atoms with Crippen molar-refractivity contribution < 1.29 is 18.3 Å². The highest BCUT2D eigenvalue weighted by Crippen LogP contribution is 2.26. The molecule has 66 valence electrons. The number of anilines is 1. The highest BCUT2D eigenvalue weighted by molar-refractivity contribution is 5.51. The molecule has 0 radical (unpaired) electrons. The monoisotopic (exact) mass is 178 g/mol. The number of pyridine rings is 1. The molecule has 1 aromatic rings. The Morgan fingerprint density at radius 1 is 1.50 bits per heavy atom. The van der Waals surface area contributed by atoms with Crippen LogP contribution in [-0.2, 0) is 0 Å². The van der Waals surface area contributed by atoms with Gasteiger partial charge in [-0.15, -0.1) is 0 Å². The van der Waals surface area contributed by atoms with Gasteiger partial charge in [0.2, 0.25) is 0 Å². The normalized spacial score (nSPS) is 10.7. The maximum absolute atomic E-state index is 12.4. The number of halogens is 3. The average molecular weight is 178 g/mol. The minimum absolute atomic E-state index is 0.446. The molecule has 0 unspecified atom stereocenters. The quantitative estimate of drug-likeness (QED) is 0.639. The summed E-state index contributed by atoms with van der Waals surface area (Å²) in [6, 6.07) is 0.725. The van der Waals surface area contributed by atoms with E-state index in [1.165, 1.54) is 0 Å². The topological polar surface area (TPSA) is 59.1 Å². The van der Waals surface area contributed by atoms with E-state index in [1.807, 2.05) is 0 Å². The predicted octanol–water partition coefficient (Wildman–Crippen LogP) is 1.45. The molecule has 6 heteroatoms. The fourth-order valence-corrected chi connectivity index (χ4v) is 0.657. The lowest BCUT2D eigenvalue weighted by Gasteiger charge is -2.02. The van der Waals surface area contributed by atoms with E-state index in [0.717, 1.165) is 6.07 Å². The van der Waals surface area contributed by atoms with Crippen molar-refractivity contribution in [1.82, 2.24) is 4.98 Å². The van der Waals surface area contributed by atoms with Crippen LogP contribution >= 0.6 is 0 Å². The Balaban J connectivity index is 3.21. The van der Waals surface area contributed by atoms with Crippen LogP contribution in [0.5, 0.6) is 5.75 Å². The van der Waals surface area contributed by atoms with E-state index in [4.69, 9.17) is 10.8 Å². The first-order chi connectivity index (χ1) is 5.52. The molecule has 0 fully saturated rings. The number of hydrogen-bond donors (Lipinski definition) is 2. The molecular formula is C6H5F3N2O. The van der Waals surface area contributed by atoms with Crippen LogP contribution in [0.3, 0.4) is 0 Å².